The lowest BCUT2D eigenvalue weighted by atomic mass is 9.89. The first-order valence-corrected chi connectivity index (χ1v) is 8.45. The molecule has 0 radical (unpaired) electrons. The van der Waals surface area contributed by atoms with Crippen molar-refractivity contribution in [1.82, 2.24) is 5.32 Å². The molecule has 100 valence electrons. The third kappa shape index (κ3) is 3.62. The van der Waals surface area contributed by atoms with Crippen LogP contribution in [0.4, 0.5) is 0 Å². The van der Waals surface area contributed by atoms with Crippen molar-refractivity contribution >= 4 is 11.8 Å². The average molecular weight is 257 g/mol. The van der Waals surface area contributed by atoms with Crippen LogP contribution < -0.4 is 5.32 Å². The van der Waals surface area contributed by atoms with E-state index in [4.69, 9.17) is 4.74 Å². The highest BCUT2D eigenvalue weighted by Crippen LogP contribution is 2.29. The van der Waals surface area contributed by atoms with Crippen molar-refractivity contribution in [2.45, 2.75) is 74.8 Å². The van der Waals surface area contributed by atoms with E-state index in [2.05, 4.69) is 11.6 Å². The Morgan fingerprint density at radius 2 is 1.59 bits per heavy atom. The molecule has 0 bridgehead atoms. The van der Waals surface area contributed by atoms with Gasteiger partial charge in [-0.05, 0) is 31.9 Å². The summed E-state index contributed by atoms with van der Waals surface area (Å²) in [5.74, 6) is 0. The van der Waals surface area contributed by atoms with Gasteiger partial charge < -0.3 is 10.1 Å². The maximum absolute atomic E-state index is 5.64. The van der Waals surface area contributed by atoms with E-state index in [0.29, 0.717) is 12.1 Å². The monoisotopic (exact) mass is 257 g/mol. The van der Waals surface area contributed by atoms with Gasteiger partial charge in [0.2, 0.25) is 0 Å². The number of hydrogen-bond acceptors (Lipinski definition) is 3. The summed E-state index contributed by atoms with van der Waals surface area (Å²) in [7, 11) is 1.87. The Hall–Kier alpha value is 0.270. The maximum Gasteiger partial charge on any atom is 0.0724 e. The molecule has 1 N–H and O–H groups in total. The summed E-state index contributed by atoms with van der Waals surface area (Å²) in [5, 5.41) is 4.74. The highest BCUT2D eigenvalue weighted by atomic mass is 32.2. The van der Waals surface area contributed by atoms with Crippen molar-refractivity contribution in [2.24, 2.45) is 0 Å². The number of rotatable bonds is 4. The van der Waals surface area contributed by atoms with E-state index in [-0.39, 0.29) is 0 Å². The smallest absolute Gasteiger partial charge is 0.0724 e. The second-order valence-electron chi connectivity index (χ2n) is 5.50. The highest BCUT2D eigenvalue weighted by Gasteiger charge is 2.31. The van der Waals surface area contributed by atoms with Crippen molar-refractivity contribution in [2.75, 3.05) is 13.4 Å². The molecule has 3 heteroatoms. The standard InChI is InChI=1S/C14H27NOS/c1-16-13-9-5-3-7-11(13)15-12-8-4-6-10-14(12)17-2/h11-15H,3-10H2,1-2H3. The number of thioether (sulfide) groups is 1. The van der Waals surface area contributed by atoms with Gasteiger partial charge in [0.1, 0.15) is 0 Å². The van der Waals surface area contributed by atoms with Gasteiger partial charge in [-0.25, -0.2) is 0 Å². The lowest BCUT2D eigenvalue weighted by molar-refractivity contribution is 0.0362. The van der Waals surface area contributed by atoms with Crippen molar-refractivity contribution in [3.05, 3.63) is 0 Å². The van der Waals surface area contributed by atoms with E-state index in [1.54, 1.807) is 0 Å². The molecule has 2 saturated carbocycles. The number of hydrogen-bond donors (Lipinski definition) is 1. The topological polar surface area (TPSA) is 21.3 Å². The summed E-state index contributed by atoms with van der Waals surface area (Å²) in [6.07, 6.45) is 13.5. The lowest BCUT2D eigenvalue weighted by Gasteiger charge is -2.38. The second-order valence-corrected chi connectivity index (χ2v) is 6.57. The van der Waals surface area contributed by atoms with Gasteiger partial charge >= 0.3 is 0 Å². The Morgan fingerprint density at radius 3 is 2.29 bits per heavy atom. The summed E-state index contributed by atoms with van der Waals surface area (Å²) in [6.45, 7) is 0. The minimum atomic E-state index is 0.452. The van der Waals surface area contributed by atoms with Crippen LogP contribution in [-0.4, -0.2) is 36.8 Å². The molecule has 0 aromatic heterocycles. The summed E-state index contributed by atoms with van der Waals surface area (Å²) >= 11 is 2.05. The molecular formula is C14H27NOS. The number of nitrogens with one attached hydrogen (secondary N) is 1. The van der Waals surface area contributed by atoms with Crippen molar-refractivity contribution in [3.63, 3.8) is 0 Å². The van der Waals surface area contributed by atoms with Gasteiger partial charge in [0.15, 0.2) is 0 Å². The number of ether oxygens (including phenoxy) is 1. The lowest BCUT2D eigenvalue weighted by Crippen LogP contribution is -2.51. The zero-order valence-corrected chi connectivity index (χ0v) is 12.1. The molecule has 17 heavy (non-hydrogen) atoms. The van der Waals surface area contributed by atoms with Gasteiger partial charge in [-0.3, -0.25) is 0 Å². The van der Waals surface area contributed by atoms with Crippen LogP contribution in [0.2, 0.25) is 0 Å². The van der Waals surface area contributed by atoms with Gasteiger partial charge in [0.05, 0.1) is 6.10 Å². The fraction of sp³-hybridized carbons (Fsp3) is 1.00. The van der Waals surface area contributed by atoms with Crippen LogP contribution in [0.15, 0.2) is 0 Å². The Kier molecular flexibility index (Phi) is 5.64. The van der Waals surface area contributed by atoms with E-state index >= 15 is 0 Å². The highest BCUT2D eigenvalue weighted by molar-refractivity contribution is 7.99. The summed E-state index contributed by atoms with van der Waals surface area (Å²) in [5.41, 5.74) is 0. The van der Waals surface area contributed by atoms with Crippen LogP contribution in [0, 0.1) is 0 Å². The first-order chi connectivity index (χ1) is 8.35. The van der Waals surface area contributed by atoms with E-state index in [9.17, 15) is 0 Å². The SMILES string of the molecule is COC1CCCCC1NC1CCCCC1SC. The Morgan fingerprint density at radius 1 is 0.941 bits per heavy atom. The Labute approximate surface area is 110 Å². The first-order valence-electron chi connectivity index (χ1n) is 7.16. The molecule has 2 nitrogen and oxygen atoms in total. The molecule has 0 aromatic carbocycles. The van der Waals surface area contributed by atoms with Crippen molar-refractivity contribution < 1.29 is 4.74 Å². The molecule has 0 amide bonds. The van der Waals surface area contributed by atoms with Gasteiger partial charge in [-0.1, -0.05) is 25.7 Å². The molecule has 2 fully saturated rings. The van der Waals surface area contributed by atoms with E-state index in [1.807, 2.05) is 18.9 Å². The van der Waals surface area contributed by atoms with E-state index in [1.165, 1.54) is 51.4 Å². The van der Waals surface area contributed by atoms with Crippen LogP contribution in [0.25, 0.3) is 0 Å². The summed E-state index contributed by atoms with van der Waals surface area (Å²) in [6, 6.07) is 1.32. The van der Waals surface area contributed by atoms with Gasteiger partial charge in [0.25, 0.3) is 0 Å². The third-order valence-electron chi connectivity index (χ3n) is 4.44. The Balaban J connectivity index is 1.88. The molecule has 2 aliphatic rings. The molecule has 0 saturated heterocycles. The van der Waals surface area contributed by atoms with Crippen molar-refractivity contribution in [3.8, 4) is 0 Å². The summed E-state index contributed by atoms with van der Waals surface area (Å²) in [4.78, 5) is 0. The van der Waals surface area contributed by atoms with Crippen LogP contribution >= 0.6 is 11.8 Å². The zero-order valence-electron chi connectivity index (χ0n) is 11.3. The predicted molar refractivity (Wildman–Crippen MR) is 75.7 cm³/mol. The maximum atomic E-state index is 5.64. The van der Waals surface area contributed by atoms with E-state index in [0.717, 1.165) is 11.3 Å². The van der Waals surface area contributed by atoms with Crippen LogP contribution in [0.5, 0.6) is 0 Å². The normalized spacial score (nSPS) is 39.2. The fourth-order valence-corrected chi connectivity index (χ4v) is 4.36. The molecule has 4 atom stereocenters. The molecule has 0 aliphatic heterocycles. The number of methoxy groups -OCH3 is 1. The van der Waals surface area contributed by atoms with Gasteiger partial charge in [-0.15, -0.1) is 0 Å². The minimum Gasteiger partial charge on any atom is -0.380 e. The molecule has 0 spiro atoms. The minimum absolute atomic E-state index is 0.452. The van der Waals surface area contributed by atoms with Crippen molar-refractivity contribution in [1.29, 1.82) is 0 Å². The van der Waals surface area contributed by atoms with E-state index < -0.39 is 0 Å². The Bertz CT molecular complexity index is 202. The fourth-order valence-electron chi connectivity index (χ4n) is 3.41. The predicted octanol–water partition coefficient (Wildman–Crippen LogP) is 3.21. The molecule has 0 heterocycles. The zero-order chi connectivity index (χ0) is 12.1. The third-order valence-corrected chi connectivity index (χ3v) is 5.61. The van der Waals surface area contributed by atoms with Gasteiger partial charge in [0, 0.05) is 24.4 Å². The van der Waals surface area contributed by atoms with Gasteiger partial charge in [-0.2, -0.15) is 11.8 Å². The summed E-state index contributed by atoms with van der Waals surface area (Å²) < 4.78 is 5.64. The van der Waals surface area contributed by atoms with Crippen LogP contribution in [-0.2, 0) is 4.74 Å². The quantitative estimate of drug-likeness (QED) is 0.835. The first kappa shape index (κ1) is 13.7. The molecule has 2 aliphatic carbocycles. The molecule has 4 unspecified atom stereocenters. The van der Waals surface area contributed by atoms with Crippen LogP contribution in [0.3, 0.4) is 0 Å². The second kappa shape index (κ2) is 7.01. The largest absolute Gasteiger partial charge is 0.380 e. The van der Waals surface area contributed by atoms with Crippen LogP contribution in [0.1, 0.15) is 51.4 Å². The molecule has 0 aromatic rings. The molecule has 2 rings (SSSR count). The average Bonchev–Trinajstić information content (AvgIpc) is 2.40. The molecular weight excluding hydrogens is 230 g/mol.